The second-order valence-corrected chi connectivity index (χ2v) is 5.11. The molecule has 0 bridgehead atoms. The summed E-state index contributed by atoms with van der Waals surface area (Å²) in [6.45, 7) is 8.87. The number of hydrogen-bond donors (Lipinski definition) is 1. The van der Waals surface area contributed by atoms with Crippen molar-refractivity contribution in [2.75, 3.05) is 19.6 Å². The molecule has 0 aromatic rings. The monoisotopic (exact) mass is 440 g/mol. The maximum absolute atomic E-state index is 11.6. The minimum Gasteiger partial charge on any atom is -0.368 e. The predicted molar refractivity (Wildman–Crippen MR) is 73.7 cm³/mol. The van der Waals surface area contributed by atoms with E-state index in [2.05, 4.69) is 19.2 Å². The fourth-order valence-electron chi connectivity index (χ4n) is 1.84. The Hall–Kier alpha value is -0.0817. The van der Waals surface area contributed by atoms with Crippen molar-refractivity contribution < 1.29 is 30.6 Å². The minimum absolute atomic E-state index is 0. The number of hydrogen-bond acceptors (Lipinski definition) is 2. The van der Waals surface area contributed by atoms with Gasteiger partial charge in [0.2, 0.25) is 0 Å². The molecule has 4 nitrogen and oxygen atoms in total. The van der Waals surface area contributed by atoms with E-state index >= 15 is 0 Å². The molecule has 2 aliphatic rings. The Labute approximate surface area is 131 Å². The van der Waals surface area contributed by atoms with E-state index in [1.54, 1.807) is 0 Å². The molecule has 2 atom stereocenters. The Balaban J connectivity index is 0.000000576. The summed E-state index contributed by atoms with van der Waals surface area (Å²) in [4.78, 5) is 13.5. The minimum atomic E-state index is 0. The van der Waals surface area contributed by atoms with Crippen LogP contribution in [0.3, 0.4) is 0 Å². The Morgan fingerprint density at radius 3 is 2.16 bits per heavy atom. The summed E-state index contributed by atoms with van der Waals surface area (Å²) >= 11 is 0. The van der Waals surface area contributed by atoms with E-state index < -0.39 is 0 Å². The zero-order valence-electron chi connectivity index (χ0n) is 12.5. The average molecular weight is 440 g/mol. The molecular weight excluding hydrogens is 412 g/mol. The van der Waals surface area contributed by atoms with Crippen molar-refractivity contribution in [2.24, 2.45) is 0 Å². The molecule has 112 valence electrons. The van der Waals surface area contributed by atoms with Crippen LogP contribution in [0.5, 0.6) is 0 Å². The largest absolute Gasteiger partial charge is 0.368 e. The summed E-state index contributed by atoms with van der Waals surface area (Å²) in [7, 11) is 0. The van der Waals surface area contributed by atoms with Crippen LogP contribution in [-0.4, -0.2) is 42.8 Å². The molecule has 2 heterocycles. The van der Waals surface area contributed by atoms with Crippen LogP contribution in [0.1, 0.15) is 52.9 Å². The average Bonchev–Trinajstić information content (AvgIpc) is 3.13. The molecule has 2 fully saturated rings. The summed E-state index contributed by atoms with van der Waals surface area (Å²) in [6.07, 6.45) is 6.76. The number of urea groups is 1. The predicted octanol–water partition coefficient (Wildman–Crippen LogP) is 2.77. The van der Waals surface area contributed by atoms with Crippen molar-refractivity contribution in [3.05, 3.63) is 0 Å². The molecule has 2 rings (SSSR count). The number of nitrogens with zero attached hydrogens (tertiary/aromatic N) is 1. The van der Waals surface area contributed by atoms with Crippen molar-refractivity contribution in [2.45, 2.75) is 65.1 Å². The fourth-order valence-corrected chi connectivity index (χ4v) is 1.84. The van der Waals surface area contributed by atoms with Crippen molar-refractivity contribution >= 4 is 6.03 Å². The van der Waals surface area contributed by atoms with E-state index in [9.17, 15) is 4.79 Å². The quantitative estimate of drug-likeness (QED) is 0.687. The maximum atomic E-state index is 11.6. The van der Waals surface area contributed by atoms with Crippen LogP contribution in [-0.2, 0) is 25.8 Å². The molecule has 19 heavy (non-hydrogen) atoms. The molecule has 1 N–H and O–H groups in total. The Morgan fingerprint density at radius 1 is 1.21 bits per heavy atom. The van der Waals surface area contributed by atoms with E-state index in [0.29, 0.717) is 12.6 Å². The van der Waals surface area contributed by atoms with Crippen molar-refractivity contribution in [1.29, 1.82) is 0 Å². The molecule has 0 aromatic heterocycles. The third-order valence-electron chi connectivity index (χ3n) is 3.43. The molecule has 0 aliphatic carbocycles. The first-order chi connectivity index (χ1) is 8.69. The molecular formula is C14H28N2O2W. The third-order valence-corrected chi connectivity index (χ3v) is 3.43. The zero-order valence-corrected chi connectivity index (χ0v) is 15.4. The molecule has 0 radical (unpaired) electrons. The van der Waals surface area contributed by atoms with Gasteiger partial charge in [0.25, 0.3) is 0 Å². The summed E-state index contributed by atoms with van der Waals surface area (Å²) in [6, 6.07) is 0.0763. The second-order valence-electron chi connectivity index (χ2n) is 5.11. The molecule has 2 saturated heterocycles. The number of carbonyl (C=O) groups excluding carboxylic acids is 1. The summed E-state index contributed by atoms with van der Waals surface area (Å²) < 4.78 is 5.22. The van der Waals surface area contributed by atoms with Crippen LogP contribution in [0.15, 0.2) is 0 Å². The first kappa shape index (κ1) is 18.9. The van der Waals surface area contributed by atoms with Gasteiger partial charge in [0.05, 0.1) is 6.10 Å². The number of unbranched alkanes of at least 4 members (excludes halogenated alkanes) is 1. The molecule has 2 unspecified atom stereocenters. The van der Waals surface area contributed by atoms with Crippen LogP contribution >= 0.6 is 0 Å². The van der Waals surface area contributed by atoms with Crippen molar-refractivity contribution in [3.63, 3.8) is 0 Å². The van der Waals surface area contributed by atoms with Crippen LogP contribution in [0, 0.1) is 0 Å². The molecule has 0 aromatic carbocycles. The van der Waals surface area contributed by atoms with Gasteiger partial charge >= 0.3 is 6.03 Å². The number of ether oxygens (including phenoxy) is 1. The first-order valence-electron chi connectivity index (χ1n) is 7.37. The van der Waals surface area contributed by atoms with E-state index in [1.165, 1.54) is 19.3 Å². The Morgan fingerprint density at radius 2 is 1.74 bits per heavy atom. The molecule has 5 heteroatoms. The number of amides is 2. The third kappa shape index (κ3) is 7.94. The molecule has 2 amide bonds. The second kappa shape index (κ2) is 10.7. The maximum Gasteiger partial charge on any atom is 0.317 e. The first-order valence-corrected chi connectivity index (χ1v) is 7.37. The van der Waals surface area contributed by atoms with Gasteiger partial charge in [0.1, 0.15) is 6.10 Å². The summed E-state index contributed by atoms with van der Waals surface area (Å²) in [5.41, 5.74) is 0. The topological polar surface area (TPSA) is 44.9 Å². The van der Waals surface area contributed by atoms with Gasteiger partial charge in [-0.25, -0.2) is 4.79 Å². The van der Waals surface area contributed by atoms with Gasteiger partial charge in [0, 0.05) is 40.7 Å². The normalized spacial score (nSPS) is 24.7. The van der Waals surface area contributed by atoms with Gasteiger partial charge in [0.15, 0.2) is 0 Å². The standard InChI is InChI=1S/C10H18N2O2.C4H10.W/c1-8-9(14-8)7-11-10(13)12-5-3-2-4-6-12;1-3-4-2;/h8-9H,2-7H2,1H3,(H,11,13);3-4H2,1-2H3;. The van der Waals surface area contributed by atoms with Gasteiger partial charge < -0.3 is 15.0 Å². The number of carbonyl (C=O) groups is 1. The smallest absolute Gasteiger partial charge is 0.317 e. The number of likely N-dealkylation sites (tertiary alicyclic amines) is 1. The van der Waals surface area contributed by atoms with E-state index in [0.717, 1.165) is 25.9 Å². The number of piperidine rings is 1. The Kier molecular flexibility index (Phi) is 10.6. The summed E-state index contributed by atoms with van der Waals surface area (Å²) in [5, 5.41) is 2.91. The Bertz CT molecular complexity index is 244. The zero-order chi connectivity index (χ0) is 13.4. The van der Waals surface area contributed by atoms with Crippen LogP contribution in [0.4, 0.5) is 4.79 Å². The number of nitrogens with one attached hydrogen (secondary N) is 1. The molecule has 2 aliphatic heterocycles. The number of epoxide rings is 1. The van der Waals surface area contributed by atoms with Gasteiger partial charge in [-0.3, -0.25) is 0 Å². The fraction of sp³-hybridized carbons (Fsp3) is 0.929. The van der Waals surface area contributed by atoms with E-state index in [1.807, 2.05) is 11.8 Å². The number of rotatable bonds is 3. The van der Waals surface area contributed by atoms with Gasteiger partial charge in [-0.05, 0) is 26.2 Å². The summed E-state index contributed by atoms with van der Waals surface area (Å²) in [5.74, 6) is 0. The van der Waals surface area contributed by atoms with Gasteiger partial charge in [-0.15, -0.1) is 0 Å². The van der Waals surface area contributed by atoms with Crippen LogP contribution in [0.25, 0.3) is 0 Å². The van der Waals surface area contributed by atoms with Crippen LogP contribution < -0.4 is 5.32 Å². The van der Waals surface area contributed by atoms with E-state index in [4.69, 9.17) is 4.74 Å². The van der Waals surface area contributed by atoms with Gasteiger partial charge in [-0.1, -0.05) is 26.7 Å². The van der Waals surface area contributed by atoms with E-state index in [-0.39, 0.29) is 33.2 Å². The molecule has 0 spiro atoms. The SMILES string of the molecule is CC1OC1CNC(=O)N1CCCCC1.CCCC.[W]. The van der Waals surface area contributed by atoms with Crippen LogP contribution in [0.2, 0.25) is 0 Å². The van der Waals surface area contributed by atoms with Crippen molar-refractivity contribution in [3.8, 4) is 0 Å². The van der Waals surface area contributed by atoms with Gasteiger partial charge in [-0.2, -0.15) is 0 Å². The molecule has 0 saturated carbocycles. The van der Waals surface area contributed by atoms with Crippen molar-refractivity contribution in [1.82, 2.24) is 10.2 Å².